The molecule has 2 aliphatic rings. The fourth-order valence-corrected chi connectivity index (χ4v) is 4.49. The van der Waals surface area contributed by atoms with Crippen molar-refractivity contribution in [3.05, 3.63) is 24.0 Å². The maximum absolute atomic E-state index is 4.56. The zero-order chi connectivity index (χ0) is 17.1. The lowest BCUT2D eigenvalue weighted by molar-refractivity contribution is 0.444. The van der Waals surface area contributed by atoms with E-state index in [0.29, 0.717) is 0 Å². The number of thiazole rings is 1. The highest BCUT2D eigenvalue weighted by atomic mass is 32.1. The molecule has 2 aliphatic heterocycles. The monoisotopic (exact) mass is 358 g/mol. The van der Waals surface area contributed by atoms with E-state index < -0.39 is 0 Å². The van der Waals surface area contributed by atoms with E-state index in [4.69, 9.17) is 0 Å². The van der Waals surface area contributed by atoms with Crippen molar-refractivity contribution in [2.24, 2.45) is 5.92 Å². The van der Waals surface area contributed by atoms with E-state index >= 15 is 0 Å². The molecule has 0 N–H and O–H groups in total. The molecule has 0 amide bonds. The Morgan fingerprint density at radius 1 is 0.920 bits per heavy atom. The molecule has 0 aromatic carbocycles. The van der Waals surface area contributed by atoms with Gasteiger partial charge < -0.3 is 14.7 Å². The van der Waals surface area contributed by atoms with Crippen LogP contribution in [0.4, 0.5) is 16.8 Å². The van der Waals surface area contributed by atoms with Crippen LogP contribution in [0.2, 0.25) is 0 Å². The highest BCUT2D eigenvalue weighted by molar-refractivity contribution is 7.13. The minimum atomic E-state index is 0.747. The Bertz CT molecular complexity index is 676. The Kier molecular flexibility index (Phi) is 5.01. The largest absolute Gasteiger partial charge is 0.356 e. The van der Waals surface area contributed by atoms with E-state index in [1.54, 1.807) is 17.7 Å². The number of rotatable bonds is 3. The SMILES string of the molecule is CC1CCCN(c2cc(N3CCCN(c4nccs4)CC3)ncn2)C1. The van der Waals surface area contributed by atoms with Crippen LogP contribution in [-0.4, -0.2) is 54.2 Å². The minimum absolute atomic E-state index is 0.747. The van der Waals surface area contributed by atoms with Gasteiger partial charge in [-0.25, -0.2) is 15.0 Å². The van der Waals surface area contributed by atoms with Crippen LogP contribution in [0.3, 0.4) is 0 Å². The number of hydrogen-bond donors (Lipinski definition) is 0. The summed E-state index contributed by atoms with van der Waals surface area (Å²) >= 11 is 1.72. The van der Waals surface area contributed by atoms with Crippen LogP contribution in [-0.2, 0) is 0 Å². The van der Waals surface area contributed by atoms with Crippen molar-refractivity contribution in [1.29, 1.82) is 0 Å². The van der Waals surface area contributed by atoms with E-state index in [0.717, 1.165) is 68.4 Å². The van der Waals surface area contributed by atoms with E-state index in [2.05, 4.69) is 42.6 Å². The van der Waals surface area contributed by atoms with E-state index in [-0.39, 0.29) is 0 Å². The molecular formula is C18H26N6S. The Hall–Kier alpha value is -1.89. The summed E-state index contributed by atoms with van der Waals surface area (Å²) in [7, 11) is 0. The zero-order valence-electron chi connectivity index (χ0n) is 14.8. The Balaban J connectivity index is 1.45. The van der Waals surface area contributed by atoms with Crippen LogP contribution < -0.4 is 14.7 Å². The smallest absolute Gasteiger partial charge is 0.185 e. The summed E-state index contributed by atoms with van der Waals surface area (Å²) in [4.78, 5) is 20.8. The molecule has 7 heteroatoms. The molecule has 6 nitrogen and oxygen atoms in total. The van der Waals surface area contributed by atoms with Crippen LogP contribution in [0.15, 0.2) is 24.0 Å². The van der Waals surface area contributed by atoms with Crippen molar-refractivity contribution >= 4 is 28.1 Å². The molecule has 0 saturated carbocycles. The van der Waals surface area contributed by atoms with Gasteiger partial charge in [0.05, 0.1) is 0 Å². The summed E-state index contributed by atoms with van der Waals surface area (Å²) in [6.07, 6.45) is 7.33. The summed E-state index contributed by atoms with van der Waals surface area (Å²) in [6, 6.07) is 2.18. The van der Waals surface area contributed by atoms with Crippen LogP contribution in [0.5, 0.6) is 0 Å². The quantitative estimate of drug-likeness (QED) is 0.841. The van der Waals surface area contributed by atoms with Crippen LogP contribution in [0.25, 0.3) is 0 Å². The standard InChI is InChI=1S/C18H26N6S/c1-15-4-2-6-24(13-15)17-12-16(20-14-21-17)22-7-3-8-23(10-9-22)18-19-5-11-25-18/h5,11-12,14-15H,2-4,6-10,13H2,1H3. The molecule has 25 heavy (non-hydrogen) atoms. The third-order valence-electron chi connectivity index (χ3n) is 5.13. The van der Waals surface area contributed by atoms with Crippen molar-refractivity contribution in [3.8, 4) is 0 Å². The second kappa shape index (κ2) is 7.56. The molecule has 4 rings (SSSR count). The third-order valence-corrected chi connectivity index (χ3v) is 5.96. The van der Waals surface area contributed by atoms with E-state index in [1.807, 2.05) is 11.6 Å². The molecular weight excluding hydrogens is 332 g/mol. The molecule has 0 bridgehead atoms. The maximum Gasteiger partial charge on any atom is 0.185 e. The zero-order valence-corrected chi connectivity index (χ0v) is 15.7. The maximum atomic E-state index is 4.56. The average molecular weight is 359 g/mol. The Morgan fingerprint density at radius 3 is 2.48 bits per heavy atom. The molecule has 0 aliphatic carbocycles. The van der Waals surface area contributed by atoms with Gasteiger partial charge in [0.2, 0.25) is 0 Å². The second-order valence-electron chi connectivity index (χ2n) is 7.07. The lowest BCUT2D eigenvalue weighted by Crippen LogP contribution is -2.35. The number of hydrogen-bond acceptors (Lipinski definition) is 7. The molecule has 4 heterocycles. The molecule has 2 aromatic rings. The number of piperidine rings is 1. The van der Waals surface area contributed by atoms with Gasteiger partial charge in [0, 0.05) is 56.9 Å². The van der Waals surface area contributed by atoms with E-state index in [9.17, 15) is 0 Å². The van der Waals surface area contributed by atoms with Crippen molar-refractivity contribution in [3.63, 3.8) is 0 Å². The fourth-order valence-electron chi connectivity index (χ4n) is 3.79. The average Bonchev–Trinajstić information content (AvgIpc) is 3.06. The molecule has 1 atom stereocenters. The van der Waals surface area contributed by atoms with Gasteiger partial charge >= 0.3 is 0 Å². The molecule has 2 saturated heterocycles. The summed E-state index contributed by atoms with van der Waals surface area (Å²) in [5.41, 5.74) is 0. The van der Waals surface area contributed by atoms with Crippen molar-refractivity contribution in [2.45, 2.75) is 26.2 Å². The normalized spacial score (nSPS) is 22.1. The first-order chi connectivity index (χ1) is 12.3. The summed E-state index contributed by atoms with van der Waals surface area (Å²) in [5, 5.41) is 3.18. The highest BCUT2D eigenvalue weighted by Gasteiger charge is 2.21. The number of nitrogens with zero attached hydrogens (tertiary/aromatic N) is 6. The molecule has 2 fully saturated rings. The van der Waals surface area contributed by atoms with Gasteiger partial charge in [-0.2, -0.15) is 0 Å². The predicted octanol–water partition coefficient (Wildman–Crippen LogP) is 2.89. The molecule has 2 aromatic heterocycles. The fraction of sp³-hybridized carbons (Fsp3) is 0.611. The van der Waals surface area contributed by atoms with Crippen LogP contribution >= 0.6 is 11.3 Å². The van der Waals surface area contributed by atoms with Gasteiger partial charge in [-0.05, 0) is 25.2 Å². The highest BCUT2D eigenvalue weighted by Crippen LogP contribution is 2.25. The van der Waals surface area contributed by atoms with E-state index in [1.165, 1.54) is 12.8 Å². The summed E-state index contributed by atoms with van der Waals surface area (Å²) in [5.74, 6) is 2.89. The van der Waals surface area contributed by atoms with Crippen LogP contribution in [0.1, 0.15) is 26.2 Å². The van der Waals surface area contributed by atoms with Gasteiger partial charge in [0.1, 0.15) is 18.0 Å². The Morgan fingerprint density at radius 2 is 1.68 bits per heavy atom. The Labute approximate surface area is 153 Å². The van der Waals surface area contributed by atoms with Crippen LogP contribution in [0, 0.1) is 5.92 Å². The van der Waals surface area contributed by atoms with Gasteiger partial charge in [0.15, 0.2) is 5.13 Å². The van der Waals surface area contributed by atoms with Gasteiger partial charge in [0.25, 0.3) is 0 Å². The first-order valence-corrected chi connectivity index (χ1v) is 10.1. The number of anilines is 3. The molecule has 1 unspecified atom stereocenters. The molecule has 0 radical (unpaired) electrons. The molecule has 134 valence electrons. The third kappa shape index (κ3) is 3.86. The first kappa shape index (κ1) is 16.6. The van der Waals surface area contributed by atoms with Gasteiger partial charge in [-0.3, -0.25) is 0 Å². The number of aromatic nitrogens is 3. The first-order valence-electron chi connectivity index (χ1n) is 9.26. The van der Waals surface area contributed by atoms with Gasteiger partial charge in [-0.1, -0.05) is 6.92 Å². The lowest BCUT2D eigenvalue weighted by atomic mass is 10.0. The summed E-state index contributed by atoms with van der Waals surface area (Å²) in [6.45, 7) is 8.61. The lowest BCUT2D eigenvalue weighted by Gasteiger charge is -2.32. The van der Waals surface area contributed by atoms with Crippen molar-refractivity contribution in [2.75, 3.05) is 54.0 Å². The van der Waals surface area contributed by atoms with Gasteiger partial charge in [-0.15, -0.1) is 11.3 Å². The molecule has 0 spiro atoms. The van der Waals surface area contributed by atoms with Crippen molar-refractivity contribution < 1.29 is 0 Å². The van der Waals surface area contributed by atoms with Crippen molar-refractivity contribution in [1.82, 2.24) is 15.0 Å². The topological polar surface area (TPSA) is 48.4 Å². The predicted molar refractivity (Wildman–Crippen MR) is 104 cm³/mol. The minimum Gasteiger partial charge on any atom is -0.356 e. The summed E-state index contributed by atoms with van der Waals surface area (Å²) < 4.78 is 0. The second-order valence-corrected chi connectivity index (χ2v) is 7.94.